The summed E-state index contributed by atoms with van der Waals surface area (Å²) in [6.07, 6.45) is 0. The molecule has 38 valence electrons. The van der Waals surface area contributed by atoms with Gasteiger partial charge in [0.1, 0.15) is 0 Å². The van der Waals surface area contributed by atoms with E-state index in [0.717, 1.165) is 0 Å². The van der Waals surface area contributed by atoms with Crippen molar-refractivity contribution >= 4 is 24.9 Å². The van der Waals surface area contributed by atoms with Crippen LogP contribution in [0.3, 0.4) is 0 Å². The molecule has 0 N–H and O–H groups in total. The molecule has 0 aromatic rings. The molecule has 0 saturated carbocycles. The Bertz CT molecular complexity index is 37.3. The van der Waals surface area contributed by atoms with E-state index in [-0.39, 0.29) is 0 Å². The van der Waals surface area contributed by atoms with E-state index in [0.29, 0.717) is 0 Å². The fourth-order valence-corrected chi connectivity index (χ4v) is 0. The molecule has 0 aliphatic heterocycles. The van der Waals surface area contributed by atoms with Gasteiger partial charge in [0.05, 0.1) is 0 Å². The molecular weight excluding hydrogens is 151 g/mol. The van der Waals surface area contributed by atoms with Gasteiger partial charge in [0.2, 0.25) is 0 Å². The van der Waals surface area contributed by atoms with Gasteiger partial charge in [-0.3, -0.25) is 0 Å². The average Bonchev–Trinajstić information content (AvgIpc) is 1.35. The van der Waals surface area contributed by atoms with Crippen molar-refractivity contribution < 1.29 is 0 Å². The maximum absolute atomic E-state index is 2.40. The summed E-state index contributed by atoms with van der Waals surface area (Å²) in [4.78, 5) is 1.47. The summed E-state index contributed by atoms with van der Waals surface area (Å²) in [5, 5.41) is 0. The molecule has 0 aromatic carbocycles. The second-order valence-corrected chi connectivity index (χ2v) is 10.9. The second-order valence-electron chi connectivity index (χ2n) is 2.76. The summed E-state index contributed by atoms with van der Waals surface area (Å²) in [5.74, 6) is 0. The predicted molar refractivity (Wildman–Crippen MR) is 36.7 cm³/mol. The zero-order chi connectivity index (χ0) is 5.21. The van der Waals surface area contributed by atoms with Crippen LogP contribution >= 0.6 is 0 Å². The van der Waals surface area contributed by atoms with Crippen molar-refractivity contribution in [3.63, 3.8) is 0 Å². The van der Waals surface area contributed by atoms with Gasteiger partial charge in [0.25, 0.3) is 0 Å². The first kappa shape index (κ1) is 6.78. The van der Waals surface area contributed by atoms with E-state index < -0.39 is 8.07 Å². The van der Waals surface area contributed by atoms with E-state index in [9.17, 15) is 0 Å². The Morgan fingerprint density at radius 1 is 1.33 bits per heavy atom. The zero-order valence-electron chi connectivity index (χ0n) is 4.78. The number of hydrogen-bond acceptors (Lipinski definition) is 0. The average molecular weight is 164 g/mol. The van der Waals surface area contributed by atoms with Crippen molar-refractivity contribution in [3.05, 3.63) is 0 Å². The van der Waals surface area contributed by atoms with E-state index >= 15 is 0 Å². The van der Waals surface area contributed by atoms with Gasteiger partial charge in [-0.1, -0.05) is 0 Å². The van der Waals surface area contributed by atoms with Gasteiger partial charge in [-0.15, -0.1) is 0 Å². The first-order valence-corrected chi connectivity index (χ1v) is 7.68. The molecule has 0 saturated heterocycles. The summed E-state index contributed by atoms with van der Waals surface area (Å²) >= 11 is 1.88. The van der Waals surface area contributed by atoms with Gasteiger partial charge in [0.15, 0.2) is 0 Å². The molecule has 6 heavy (non-hydrogen) atoms. The molecular formula is C4H13AsSi. The Kier molecular flexibility index (Phi) is 2.46. The van der Waals surface area contributed by atoms with Gasteiger partial charge in [-0.2, -0.15) is 0 Å². The summed E-state index contributed by atoms with van der Waals surface area (Å²) in [6, 6.07) is 0. The van der Waals surface area contributed by atoms with Gasteiger partial charge in [-0.25, -0.2) is 0 Å². The molecule has 1 atom stereocenters. The van der Waals surface area contributed by atoms with Crippen LogP contribution < -0.4 is 0 Å². The fraction of sp³-hybridized carbons (Fsp3) is 1.00. The molecule has 2 heteroatoms. The molecule has 0 aromatic heterocycles. The van der Waals surface area contributed by atoms with Crippen LogP contribution in [-0.4, -0.2) is 24.9 Å². The van der Waals surface area contributed by atoms with Crippen LogP contribution in [0.25, 0.3) is 0 Å². The predicted octanol–water partition coefficient (Wildman–Crippen LogP) is 0.915. The van der Waals surface area contributed by atoms with E-state index in [2.05, 4.69) is 19.6 Å². The Balaban J connectivity index is 3.17. The number of hydrogen-bond donors (Lipinski definition) is 0. The molecule has 0 bridgehead atoms. The Morgan fingerprint density at radius 3 is 1.50 bits per heavy atom. The molecule has 0 fully saturated rings. The molecule has 0 aliphatic carbocycles. The Hall–Kier alpha value is 0.775. The van der Waals surface area contributed by atoms with Crippen LogP contribution in [0, 0.1) is 0 Å². The van der Waals surface area contributed by atoms with E-state index in [1.807, 2.05) is 16.9 Å². The zero-order valence-corrected chi connectivity index (χ0v) is 8.21. The maximum atomic E-state index is 2.40. The van der Waals surface area contributed by atoms with Crippen molar-refractivity contribution in [2.75, 3.05) is 0 Å². The third-order valence-electron chi connectivity index (χ3n) is 0.612. The van der Waals surface area contributed by atoms with Crippen molar-refractivity contribution in [2.45, 2.75) is 24.5 Å². The molecule has 1 unspecified atom stereocenters. The molecule has 0 nitrogen and oxygen atoms in total. The van der Waals surface area contributed by atoms with Gasteiger partial charge >= 0.3 is 49.4 Å². The standard InChI is InChI=1S/C4H13AsSi/c1-6(2,3)4-5/h4-5H2,1-3H3. The molecule has 0 amide bonds. The van der Waals surface area contributed by atoms with Crippen LogP contribution in [0.2, 0.25) is 24.5 Å². The topological polar surface area (TPSA) is 0 Å². The fourth-order valence-electron chi connectivity index (χ4n) is 0. The van der Waals surface area contributed by atoms with Crippen LogP contribution in [0.4, 0.5) is 0 Å². The Morgan fingerprint density at radius 2 is 1.50 bits per heavy atom. The first-order chi connectivity index (χ1) is 2.56. The van der Waals surface area contributed by atoms with E-state index in [4.69, 9.17) is 0 Å². The number of rotatable bonds is 1. The molecule has 0 radical (unpaired) electrons. The summed E-state index contributed by atoms with van der Waals surface area (Å²) in [5.41, 5.74) is 0. The normalized spacial score (nSPS) is 12.0. The van der Waals surface area contributed by atoms with E-state index in [1.54, 1.807) is 0 Å². The molecule has 0 aliphatic rings. The Labute approximate surface area is 49.8 Å². The monoisotopic (exact) mass is 164 g/mol. The van der Waals surface area contributed by atoms with Crippen LogP contribution in [0.15, 0.2) is 0 Å². The van der Waals surface area contributed by atoms with Crippen molar-refractivity contribution in [1.82, 2.24) is 0 Å². The van der Waals surface area contributed by atoms with Crippen LogP contribution in [-0.2, 0) is 0 Å². The van der Waals surface area contributed by atoms with Gasteiger partial charge < -0.3 is 0 Å². The quantitative estimate of drug-likeness (QED) is 0.505. The van der Waals surface area contributed by atoms with Crippen LogP contribution in [0.1, 0.15) is 0 Å². The minimum atomic E-state index is -0.603. The molecule has 0 rings (SSSR count). The third-order valence-corrected chi connectivity index (χ3v) is 9.55. The summed E-state index contributed by atoms with van der Waals surface area (Å²) in [7, 11) is -0.603. The first-order valence-electron chi connectivity index (χ1n) is 2.26. The SMILES string of the molecule is C[Si](C)(C)C[AsH2]. The third kappa shape index (κ3) is 4.78. The van der Waals surface area contributed by atoms with Crippen LogP contribution in [0.5, 0.6) is 0 Å². The van der Waals surface area contributed by atoms with Crippen molar-refractivity contribution in [3.8, 4) is 0 Å². The van der Waals surface area contributed by atoms with Gasteiger partial charge in [0, 0.05) is 0 Å². The van der Waals surface area contributed by atoms with Crippen molar-refractivity contribution in [1.29, 1.82) is 0 Å². The summed E-state index contributed by atoms with van der Waals surface area (Å²) in [6.45, 7) is 7.19. The molecule has 0 spiro atoms. The van der Waals surface area contributed by atoms with Gasteiger partial charge in [-0.05, 0) is 0 Å². The molecule has 0 heterocycles. The van der Waals surface area contributed by atoms with E-state index in [1.165, 1.54) is 4.83 Å². The van der Waals surface area contributed by atoms with Crippen molar-refractivity contribution in [2.24, 2.45) is 0 Å². The second kappa shape index (κ2) is 2.18. The minimum absolute atomic E-state index is 0.603. The summed E-state index contributed by atoms with van der Waals surface area (Å²) < 4.78 is 0.